The van der Waals surface area contributed by atoms with Gasteiger partial charge in [0.15, 0.2) is 5.69 Å². The van der Waals surface area contributed by atoms with Crippen LogP contribution in [0.3, 0.4) is 0 Å². The Labute approximate surface area is 105 Å². The Morgan fingerprint density at radius 2 is 2.22 bits per heavy atom. The van der Waals surface area contributed by atoms with E-state index in [1.165, 1.54) is 6.20 Å². The largest absolute Gasteiger partial charge is 0.476 e. The highest BCUT2D eigenvalue weighted by molar-refractivity contribution is 5.91. The number of anilines is 1. The number of aromatic nitrogens is 2. The highest BCUT2D eigenvalue weighted by Crippen LogP contribution is 2.14. The first-order chi connectivity index (χ1) is 8.68. The van der Waals surface area contributed by atoms with Crippen LogP contribution in [-0.4, -0.2) is 21.0 Å². The third-order valence-electron chi connectivity index (χ3n) is 2.63. The number of carbonyl (C=O) groups is 1. The summed E-state index contributed by atoms with van der Waals surface area (Å²) in [5.41, 5.74) is 2.67. The standard InChI is InChI=1S/C13H13N3O2/c1-9-4-6-14-7-10(9)8-16-11-3-2-5-15-12(11)13(17)18/h2-7,16H,8H2,1H3,(H,17,18). The summed E-state index contributed by atoms with van der Waals surface area (Å²) in [6, 6.07) is 5.31. The molecule has 0 saturated heterocycles. The number of pyridine rings is 2. The Bertz CT molecular complexity index is 570. The summed E-state index contributed by atoms with van der Waals surface area (Å²) in [4.78, 5) is 18.9. The number of hydrogen-bond donors (Lipinski definition) is 2. The topological polar surface area (TPSA) is 75.1 Å². The van der Waals surface area contributed by atoms with E-state index in [1.807, 2.05) is 13.0 Å². The molecule has 0 amide bonds. The van der Waals surface area contributed by atoms with Crippen LogP contribution < -0.4 is 5.32 Å². The van der Waals surface area contributed by atoms with E-state index in [-0.39, 0.29) is 5.69 Å². The van der Waals surface area contributed by atoms with Gasteiger partial charge < -0.3 is 10.4 Å². The molecule has 2 N–H and O–H groups in total. The lowest BCUT2D eigenvalue weighted by atomic mass is 10.1. The molecular weight excluding hydrogens is 230 g/mol. The van der Waals surface area contributed by atoms with E-state index < -0.39 is 5.97 Å². The molecule has 5 heteroatoms. The van der Waals surface area contributed by atoms with Gasteiger partial charge in [0.1, 0.15) is 0 Å². The SMILES string of the molecule is Cc1ccncc1CNc1cccnc1C(=O)O. The van der Waals surface area contributed by atoms with Crippen molar-refractivity contribution in [3.63, 3.8) is 0 Å². The first kappa shape index (κ1) is 12.0. The second-order valence-corrected chi connectivity index (χ2v) is 3.86. The zero-order valence-electron chi connectivity index (χ0n) is 9.92. The van der Waals surface area contributed by atoms with Crippen molar-refractivity contribution in [3.8, 4) is 0 Å². The molecule has 2 rings (SSSR count). The van der Waals surface area contributed by atoms with Crippen molar-refractivity contribution in [1.29, 1.82) is 0 Å². The van der Waals surface area contributed by atoms with Crippen LogP contribution in [0, 0.1) is 6.92 Å². The molecule has 0 spiro atoms. The first-order valence-electron chi connectivity index (χ1n) is 5.50. The second kappa shape index (κ2) is 5.27. The molecule has 0 unspecified atom stereocenters. The molecule has 2 aromatic heterocycles. The molecule has 2 aromatic rings. The zero-order chi connectivity index (χ0) is 13.0. The molecule has 0 saturated carbocycles. The van der Waals surface area contributed by atoms with Gasteiger partial charge in [-0.3, -0.25) is 4.98 Å². The van der Waals surface area contributed by atoms with Gasteiger partial charge in [-0.25, -0.2) is 9.78 Å². The molecular formula is C13H13N3O2. The number of hydrogen-bond acceptors (Lipinski definition) is 4. The minimum atomic E-state index is -1.04. The van der Waals surface area contributed by atoms with Crippen molar-refractivity contribution in [3.05, 3.63) is 53.6 Å². The van der Waals surface area contributed by atoms with Crippen LogP contribution in [0.15, 0.2) is 36.8 Å². The van der Waals surface area contributed by atoms with Gasteiger partial charge in [0.2, 0.25) is 0 Å². The van der Waals surface area contributed by atoms with E-state index in [0.29, 0.717) is 12.2 Å². The molecule has 2 heterocycles. The summed E-state index contributed by atoms with van der Waals surface area (Å²) in [7, 11) is 0. The highest BCUT2D eigenvalue weighted by atomic mass is 16.4. The third-order valence-corrected chi connectivity index (χ3v) is 2.63. The molecule has 0 aromatic carbocycles. The molecule has 18 heavy (non-hydrogen) atoms. The lowest BCUT2D eigenvalue weighted by Crippen LogP contribution is -2.09. The highest BCUT2D eigenvalue weighted by Gasteiger charge is 2.10. The van der Waals surface area contributed by atoms with Crippen LogP contribution in [0.2, 0.25) is 0 Å². The maximum atomic E-state index is 11.0. The average molecular weight is 243 g/mol. The van der Waals surface area contributed by atoms with Crippen molar-refractivity contribution in [1.82, 2.24) is 9.97 Å². The van der Waals surface area contributed by atoms with E-state index in [2.05, 4.69) is 15.3 Å². The summed E-state index contributed by atoms with van der Waals surface area (Å²) in [5, 5.41) is 12.1. The molecule has 0 bridgehead atoms. The van der Waals surface area contributed by atoms with Crippen molar-refractivity contribution < 1.29 is 9.90 Å². The Morgan fingerprint density at radius 3 is 2.94 bits per heavy atom. The average Bonchev–Trinajstić information content (AvgIpc) is 2.38. The number of aryl methyl sites for hydroxylation is 1. The summed E-state index contributed by atoms with van der Waals surface area (Å²) >= 11 is 0. The predicted octanol–water partition coefficient (Wildman–Crippen LogP) is 2.10. The number of rotatable bonds is 4. The van der Waals surface area contributed by atoms with Crippen molar-refractivity contribution in [2.24, 2.45) is 0 Å². The van der Waals surface area contributed by atoms with Crippen LogP contribution in [0.4, 0.5) is 5.69 Å². The van der Waals surface area contributed by atoms with Gasteiger partial charge in [-0.1, -0.05) is 0 Å². The first-order valence-corrected chi connectivity index (χ1v) is 5.50. The van der Waals surface area contributed by atoms with E-state index >= 15 is 0 Å². The Balaban J connectivity index is 2.16. The van der Waals surface area contributed by atoms with E-state index in [9.17, 15) is 4.79 Å². The Morgan fingerprint density at radius 1 is 1.39 bits per heavy atom. The van der Waals surface area contributed by atoms with Crippen LogP contribution in [0.25, 0.3) is 0 Å². The van der Waals surface area contributed by atoms with Crippen LogP contribution >= 0.6 is 0 Å². The third kappa shape index (κ3) is 2.63. The lowest BCUT2D eigenvalue weighted by molar-refractivity contribution is 0.0691. The molecule has 0 atom stereocenters. The van der Waals surface area contributed by atoms with Gasteiger partial charge in [-0.05, 0) is 36.2 Å². The van der Waals surface area contributed by atoms with Crippen LogP contribution in [-0.2, 0) is 6.54 Å². The van der Waals surface area contributed by atoms with Crippen LogP contribution in [0.5, 0.6) is 0 Å². The fraction of sp³-hybridized carbons (Fsp3) is 0.154. The van der Waals surface area contributed by atoms with Gasteiger partial charge in [0.25, 0.3) is 0 Å². The van der Waals surface area contributed by atoms with Gasteiger partial charge in [-0.15, -0.1) is 0 Å². The summed E-state index contributed by atoms with van der Waals surface area (Å²) in [6.45, 7) is 2.51. The lowest BCUT2D eigenvalue weighted by Gasteiger charge is -2.09. The number of carboxylic acid groups (broad SMARTS) is 1. The second-order valence-electron chi connectivity index (χ2n) is 3.86. The Hall–Kier alpha value is -2.43. The molecule has 0 radical (unpaired) electrons. The molecule has 0 fully saturated rings. The molecule has 0 aliphatic heterocycles. The fourth-order valence-electron chi connectivity index (χ4n) is 1.59. The molecule has 0 aliphatic rings. The number of carboxylic acids is 1. The minimum Gasteiger partial charge on any atom is -0.476 e. The van der Waals surface area contributed by atoms with Gasteiger partial charge in [0, 0.05) is 25.1 Å². The maximum absolute atomic E-state index is 11.0. The molecule has 5 nitrogen and oxygen atoms in total. The summed E-state index contributed by atoms with van der Waals surface area (Å²) in [5.74, 6) is -1.04. The predicted molar refractivity (Wildman–Crippen MR) is 67.5 cm³/mol. The van der Waals surface area contributed by atoms with E-state index in [0.717, 1.165) is 11.1 Å². The molecule has 92 valence electrons. The van der Waals surface area contributed by atoms with Crippen molar-refractivity contribution in [2.45, 2.75) is 13.5 Å². The number of nitrogens with one attached hydrogen (secondary N) is 1. The Kier molecular flexibility index (Phi) is 3.52. The maximum Gasteiger partial charge on any atom is 0.356 e. The summed E-state index contributed by atoms with van der Waals surface area (Å²) in [6.07, 6.45) is 4.95. The van der Waals surface area contributed by atoms with Crippen LogP contribution in [0.1, 0.15) is 21.6 Å². The zero-order valence-corrected chi connectivity index (χ0v) is 9.92. The quantitative estimate of drug-likeness (QED) is 0.860. The van der Waals surface area contributed by atoms with Gasteiger partial charge >= 0.3 is 5.97 Å². The smallest absolute Gasteiger partial charge is 0.356 e. The van der Waals surface area contributed by atoms with E-state index in [1.54, 1.807) is 24.5 Å². The van der Waals surface area contributed by atoms with Crippen molar-refractivity contribution >= 4 is 11.7 Å². The fourth-order valence-corrected chi connectivity index (χ4v) is 1.59. The minimum absolute atomic E-state index is 0.0269. The normalized spacial score (nSPS) is 10.1. The molecule has 0 aliphatic carbocycles. The number of nitrogens with zero attached hydrogens (tertiary/aromatic N) is 2. The van der Waals surface area contributed by atoms with Crippen molar-refractivity contribution in [2.75, 3.05) is 5.32 Å². The van der Waals surface area contributed by atoms with Gasteiger partial charge in [0.05, 0.1) is 5.69 Å². The van der Waals surface area contributed by atoms with E-state index in [4.69, 9.17) is 5.11 Å². The van der Waals surface area contributed by atoms with Gasteiger partial charge in [-0.2, -0.15) is 0 Å². The summed E-state index contributed by atoms with van der Waals surface area (Å²) < 4.78 is 0. The monoisotopic (exact) mass is 243 g/mol. The number of aromatic carboxylic acids is 1.